The summed E-state index contributed by atoms with van der Waals surface area (Å²) in [6, 6.07) is 24.2. The second-order valence-electron chi connectivity index (χ2n) is 9.39. The number of aromatic nitrogens is 2. The molecule has 3 heterocycles. The lowest BCUT2D eigenvalue weighted by Gasteiger charge is -2.25. The standard InChI is InChI=1S/C31H26N4O3S/c1-19-27(29(36)33-22-11-5-4-6-12-22)28(20-10-9-13-23(16-20)38-3)35-30(37)26(39-31(35)32-19)17-21-18-34(2)25-15-8-7-14-24(21)25/h4-18,28H,1-3H3,(H,33,36)/b26-17+. The second kappa shape index (κ2) is 9.89. The van der Waals surface area contributed by atoms with Gasteiger partial charge in [0.2, 0.25) is 0 Å². The van der Waals surface area contributed by atoms with Crippen LogP contribution in [0.25, 0.3) is 17.0 Å². The van der Waals surface area contributed by atoms with Crippen molar-refractivity contribution in [1.29, 1.82) is 0 Å². The zero-order chi connectivity index (χ0) is 27.1. The Labute approximate surface area is 228 Å². The molecule has 3 aromatic carbocycles. The summed E-state index contributed by atoms with van der Waals surface area (Å²) in [6.07, 6.45) is 3.93. The lowest BCUT2D eigenvalue weighted by atomic mass is 9.95. The number of ether oxygens (including phenoxy) is 1. The maximum Gasteiger partial charge on any atom is 0.271 e. The number of hydrogen-bond acceptors (Lipinski definition) is 5. The molecule has 39 heavy (non-hydrogen) atoms. The van der Waals surface area contributed by atoms with E-state index in [-0.39, 0.29) is 11.5 Å². The number of nitrogens with one attached hydrogen (secondary N) is 1. The predicted molar refractivity (Wildman–Crippen MR) is 155 cm³/mol. The van der Waals surface area contributed by atoms with Crippen LogP contribution in [0.4, 0.5) is 5.69 Å². The van der Waals surface area contributed by atoms with Crippen LogP contribution in [-0.2, 0) is 11.8 Å². The van der Waals surface area contributed by atoms with Crippen molar-refractivity contribution < 1.29 is 9.53 Å². The molecule has 0 aliphatic carbocycles. The van der Waals surface area contributed by atoms with Crippen molar-refractivity contribution >= 4 is 39.9 Å². The molecule has 1 aliphatic heterocycles. The summed E-state index contributed by atoms with van der Waals surface area (Å²) in [4.78, 5) is 33.0. The Bertz CT molecular complexity index is 1950. The normalized spacial score (nSPS) is 15.3. The van der Waals surface area contributed by atoms with E-state index in [2.05, 4.69) is 11.4 Å². The SMILES string of the molecule is COc1cccc(C2C(C(=O)Nc3ccccc3)=C(C)N=c3s/c(=C/c4cn(C)c5ccccc45)c(=O)n32)c1. The summed E-state index contributed by atoms with van der Waals surface area (Å²) in [5.41, 5.74) is 4.25. The summed E-state index contributed by atoms with van der Waals surface area (Å²) < 4.78 is 9.70. The largest absolute Gasteiger partial charge is 0.497 e. The third-order valence-electron chi connectivity index (χ3n) is 6.92. The van der Waals surface area contributed by atoms with E-state index in [0.29, 0.717) is 32.0 Å². The Balaban J connectivity index is 1.54. The highest BCUT2D eigenvalue weighted by atomic mass is 32.1. The summed E-state index contributed by atoms with van der Waals surface area (Å²) >= 11 is 1.33. The molecule has 0 spiro atoms. The van der Waals surface area contributed by atoms with E-state index in [1.807, 2.05) is 104 Å². The lowest BCUT2D eigenvalue weighted by Crippen LogP contribution is -2.40. The lowest BCUT2D eigenvalue weighted by molar-refractivity contribution is -0.113. The number of anilines is 1. The second-order valence-corrected chi connectivity index (χ2v) is 10.4. The zero-order valence-electron chi connectivity index (χ0n) is 21.7. The first kappa shape index (κ1) is 24.6. The smallest absolute Gasteiger partial charge is 0.271 e. The van der Waals surface area contributed by atoms with E-state index in [0.717, 1.165) is 22.0 Å². The van der Waals surface area contributed by atoms with Gasteiger partial charge in [-0.05, 0) is 48.9 Å². The Hall–Kier alpha value is -4.69. The maximum absolute atomic E-state index is 14.0. The highest BCUT2D eigenvalue weighted by Crippen LogP contribution is 2.32. The number of methoxy groups -OCH3 is 1. The average molecular weight is 535 g/mol. The van der Waals surface area contributed by atoms with Gasteiger partial charge in [-0.1, -0.05) is 59.9 Å². The fourth-order valence-electron chi connectivity index (χ4n) is 5.09. The number of benzene rings is 3. The number of aryl methyl sites for hydroxylation is 1. The van der Waals surface area contributed by atoms with Crippen LogP contribution in [0.15, 0.2) is 106 Å². The molecule has 2 aromatic heterocycles. The highest BCUT2D eigenvalue weighted by Gasteiger charge is 2.32. The van der Waals surface area contributed by atoms with E-state index < -0.39 is 6.04 Å². The van der Waals surface area contributed by atoms with Gasteiger partial charge in [-0.3, -0.25) is 14.2 Å². The first-order chi connectivity index (χ1) is 18.9. The molecule has 1 unspecified atom stereocenters. The van der Waals surface area contributed by atoms with E-state index >= 15 is 0 Å². The maximum atomic E-state index is 14.0. The molecule has 1 amide bonds. The first-order valence-corrected chi connectivity index (χ1v) is 13.3. The minimum atomic E-state index is -0.672. The molecule has 7 nitrogen and oxygen atoms in total. The highest BCUT2D eigenvalue weighted by molar-refractivity contribution is 7.07. The molecule has 8 heteroatoms. The monoisotopic (exact) mass is 534 g/mol. The van der Waals surface area contributed by atoms with Crippen molar-refractivity contribution in [3.05, 3.63) is 127 Å². The number of fused-ring (bicyclic) bond motifs is 2. The number of hydrogen-bond donors (Lipinski definition) is 1. The van der Waals surface area contributed by atoms with Crippen LogP contribution in [0.3, 0.4) is 0 Å². The Morgan fingerprint density at radius 1 is 1.05 bits per heavy atom. The minimum Gasteiger partial charge on any atom is -0.497 e. The van der Waals surface area contributed by atoms with Crippen LogP contribution in [0, 0.1) is 0 Å². The van der Waals surface area contributed by atoms with Crippen LogP contribution in [0.1, 0.15) is 24.1 Å². The van der Waals surface area contributed by atoms with Gasteiger partial charge in [0, 0.05) is 35.4 Å². The van der Waals surface area contributed by atoms with Crippen molar-refractivity contribution in [3.8, 4) is 5.75 Å². The summed E-state index contributed by atoms with van der Waals surface area (Å²) in [5, 5.41) is 4.04. The Morgan fingerprint density at radius 3 is 2.62 bits per heavy atom. The number of amides is 1. The predicted octanol–water partition coefficient (Wildman–Crippen LogP) is 4.37. The number of para-hydroxylation sites is 2. The van der Waals surface area contributed by atoms with Crippen molar-refractivity contribution in [3.63, 3.8) is 0 Å². The molecule has 1 aliphatic rings. The molecule has 0 bridgehead atoms. The van der Waals surface area contributed by atoms with Crippen molar-refractivity contribution in [1.82, 2.24) is 9.13 Å². The van der Waals surface area contributed by atoms with Crippen LogP contribution >= 0.6 is 11.3 Å². The van der Waals surface area contributed by atoms with Crippen LogP contribution in [-0.4, -0.2) is 22.2 Å². The molecule has 0 fully saturated rings. The molecule has 0 saturated heterocycles. The number of allylic oxidation sites excluding steroid dienone is 1. The number of carbonyl (C=O) groups is 1. The van der Waals surface area contributed by atoms with E-state index in [9.17, 15) is 9.59 Å². The quantitative estimate of drug-likeness (QED) is 0.364. The van der Waals surface area contributed by atoms with Gasteiger partial charge in [-0.25, -0.2) is 4.99 Å². The topological polar surface area (TPSA) is 77.6 Å². The summed E-state index contributed by atoms with van der Waals surface area (Å²) in [6.45, 7) is 1.81. The van der Waals surface area contributed by atoms with Gasteiger partial charge >= 0.3 is 0 Å². The average Bonchev–Trinajstić information content (AvgIpc) is 3.43. The summed E-state index contributed by atoms with van der Waals surface area (Å²) in [7, 11) is 3.59. The molecule has 5 aromatic rings. The Kier molecular flexibility index (Phi) is 6.24. The van der Waals surface area contributed by atoms with E-state index in [1.54, 1.807) is 11.7 Å². The van der Waals surface area contributed by atoms with Crippen molar-refractivity contribution in [2.45, 2.75) is 13.0 Å². The van der Waals surface area contributed by atoms with E-state index in [1.165, 1.54) is 11.3 Å². The summed E-state index contributed by atoms with van der Waals surface area (Å²) in [5.74, 6) is 0.335. The first-order valence-electron chi connectivity index (χ1n) is 12.5. The van der Waals surface area contributed by atoms with Crippen molar-refractivity contribution in [2.75, 3.05) is 12.4 Å². The molecule has 1 atom stereocenters. The third kappa shape index (κ3) is 4.38. The minimum absolute atomic E-state index is 0.197. The van der Waals surface area contributed by atoms with Crippen LogP contribution < -0.4 is 24.9 Å². The van der Waals surface area contributed by atoms with Gasteiger partial charge in [0.1, 0.15) is 5.75 Å². The third-order valence-corrected chi connectivity index (χ3v) is 7.90. The molecule has 194 valence electrons. The van der Waals surface area contributed by atoms with Crippen LogP contribution in [0.5, 0.6) is 5.75 Å². The molecule has 0 saturated carbocycles. The Morgan fingerprint density at radius 2 is 1.82 bits per heavy atom. The number of thiazole rings is 1. The van der Waals surface area contributed by atoms with Gasteiger partial charge in [0.05, 0.1) is 29.0 Å². The van der Waals surface area contributed by atoms with Gasteiger partial charge in [-0.15, -0.1) is 0 Å². The molecular formula is C31H26N4O3S. The number of rotatable bonds is 5. The molecule has 6 rings (SSSR count). The fraction of sp³-hybridized carbons (Fsp3) is 0.129. The number of nitrogens with zero attached hydrogens (tertiary/aromatic N) is 3. The van der Waals surface area contributed by atoms with Crippen LogP contribution in [0.2, 0.25) is 0 Å². The van der Waals surface area contributed by atoms with Gasteiger partial charge < -0.3 is 14.6 Å². The van der Waals surface area contributed by atoms with E-state index in [4.69, 9.17) is 9.73 Å². The zero-order valence-corrected chi connectivity index (χ0v) is 22.5. The van der Waals surface area contributed by atoms with Gasteiger partial charge in [-0.2, -0.15) is 0 Å². The number of carbonyl (C=O) groups excluding carboxylic acids is 1. The fourth-order valence-corrected chi connectivity index (χ4v) is 6.13. The molecular weight excluding hydrogens is 508 g/mol. The van der Waals surface area contributed by atoms with Gasteiger partial charge in [0.25, 0.3) is 11.5 Å². The van der Waals surface area contributed by atoms with Crippen molar-refractivity contribution in [2.24, 2.45) is 12.0 Å². The van der Waals surface area contributed by atoms with Gasteiger partial charge in [0.15, 0.2) is 4.80 Å². The molecule has 0 radical (unpaired) electrons. The molecule has 1 N–H and O–H groups in total.